The third-order valence-corrected chi connectivity index (χ3v) is 2.13. The Balaban J connectivity index is 0.000000187. The highest BCUT2D eigenvalue weighted by Crippen LogP contribution is 2.22. The first kappa shape index (κ1) is 12.3. The molecule has 16 heavy (non-hydrogen) atoms. The van der Waals surface area contributed by atoms with E-state index in [9.17, 15) is 0 Å². The van der Waals surface area contributed by atoms with Crippen molar-refractivity contribution >= 4 is 11.9 Å². The summed E-state index contributed by atoms with van der Waals surface area (Å²) in [6, 6.07) is 4.45. The summed E-state index contributed by atoms with van der Waals surface area (Å²) in [7, 11) is 0. The lowest BCUT2D eigenvalue weighted by Gasteiger charge is -2.03. The molecule has 2 rings (SSSR count). The van der Waals surface area contributed by atoms with Crippen LogP contribution in [0.5, 0.6) is 0 Å². The van der Waals surface area contributed by atoms with Crippen LogP contribution in [0.1, 0.15) is 24.6 Å². The van der Waals surface area contributed by atoms with E-state index in [2.05, 4.69) is 5.32 Å². The summed E-state index contributed by atoms with van der Waals surface area (Å²) in [4.78, 5) is 18.2. The Morgan fingerprint density at radius 3 is 2.44 bits per heavy atom. The van der Waals surface area contributed by atoms with E-state index in [-0.39, 0.29) is 0 Å². The molecule has 0 amide bonds. The summed E-state index contributed by atoms with van der Waals surface area (Å²) >= 11 is 0. The molecule has 1 aliphatic heterocycles. The molecule has 0 aliphatic carbocycles. The second-order valence-corrected chi connectivity index (χ2v) is 3.27. The van der Waals surface area contributed by atoms with Crippen LogP contribution in [-0.2, 0) is 9.59 Å². The minimum Gasteiger partial charge on any atom is -0.473 e. The van der Waals surface area contributed by atoms with Gasteiger partial charge in [-0.15, -0.1) is 0 Å². The number of carbonyl (C=O) groups is 2. The van der Waals surface area contributed by atoms with Crippen LogP contribution < -0.4 is 5.32 Å². The van der Waals surface area contributed by atoms with E-state index in [1.54, 1.807) is 6.26 Å². The zero-order chi connectivity index (χ0) is 12.0. The smallest absolute Gasteiger partial charge is 0.414 e. The summed E-state index contributed by atoms with van der Waals surface area (Å²) < 4.78 is 5.25. The molecule has 6 heteroatoms. The largest absolute Gasteiger partial charge is 0.473 e. The quantitative estimate of drug-likeness (QED) is 0.615. The molecule has 6 nitrogen and oxygen atoms in total. The van der Waals surface area contributed by atoms with E-state index >= 15 is 0 Å². The fraction of sp³-hybridized carbons (Fsp3) is 0.400. The van der Waals surface area contributed by atoms with Crippen LogP contribution >= 0.6 is 0 Å². The second kappa shape index (κ2) is 5.92. The minimum absolute atomic E-state index is 0.481. The normalized spacial score (nSPS) is 18.6. The van der Waals surface area contributed by atoms with Gasteiger partial charge < -0.3 is 19.9 Å². The Morgan fingerprint density at radius 2 is 2.06 bits per heavy atom. The van der Waals surface area contributed by atoms with Crippen molar-refractivity contribution in [3.63, 3.8) is 0 Å². The molecular weight excluding hydrogens is 214 g/mol. The van der Waals surface area contributed by atoms with Gasteiger partial charge in [0.1, 0.15) is 5.76 Å². The van der Waals surface area contributed by atoms with Crippen LogP contribution in [0.3, 0.4) is 0 Å². The van der Waals surface area contributed by atoms with Gasteiger partial charge in [0.25, 0.3) is 0 Å². The molecular formula is C10H13NO5. The van der Waals surface area contributed by atoms with Crippen LogP contribution in [0.2, 0.25) is 0 Å². The number of carboxylic acid groups (broad SMARTS) is 2. The Bertz CT molecular complexity index is 328. The molecule has 0 spiro atoms. The van der Waals surface area contributed by atoms with Gasteiger partial charge in [-0.3, -0.25) is 0 Å². The number of hydrogen-bond acceptors (Lipinski definition) is 4. The predicted molar refractivity (Wildman–Crippen MR) is 54.0 cm³/mol. The van der Waals surface area contributed by atoms with Crippen molar-refractivity contribution in [2.24, 2.45) is 0 Å². The Labute approximate surface area is 91.9 Å². The van der Waals surface area contributed by atoms with Crippen molar-refractivity contribution in [1.82, 2.24) is 5.32 Å². The number of carboxylic acids is 2. The first-order valence-electron chi connectivity index (χ1n) is 4.84. The number of nitrogens with one attached hydrogen (secondary N) is 1. The van der Waals surface area contributed by atoms with Gasteiger partial charge in [-0.25, -0.2) is 9.59 Å². The topological polar surface area (TPSA) is 99.8 Å². The third-order valence-electron chi connectivity index (χ3n) is 2.13. The van der Waals surface area contributed by atoms with Crippen LogP contribution in [-0.4, -0.2) is 28.7 Å². The summed E-state index contributed by atoms with van der Waals surface area (Å²) in [6.07, 6.45) is 4.22. The molecule has 88 valence electrons. The first-order chi connectivity index (χ1) is 7.61. The fourth-order valence-corrected chi connectivity index (χ4v) is 1.42. The van der Waals surface area contributed by atoms with Crippen LogP contribution in [0, 0.1) is 0 Å². The van der Waals surface area contributed by atoms with Crippen LogP contribution in [0.15, 0.2) is 22.8 Å². The van der Waals surface area contributed by atoms with E-state index in [1.165, 1.54) is 12.8 Å². The number of furan rings is 1. The van der Waals surface area contributed by atoms with E-state index < -0.39 is 11.9 Å². The highest BCUT2D eigenvalue weighted by molar-refractivity contribution is 6.27. The van der Waals surface area contributed by atoms with Gasteiger partial charge in [-0.1, -0.05) is 0 Å². The molecule has 2 heterocycles. The SMILES string of the molecule is O=C(O)C(=O)O.c1coc(C2CCCN2)c1. The van der Waals surface area contributed by atoms with E-state index in [1.807, 2.05) is 12.1 Å². The highest BCUT2D eigenvalue weighted by Gasteiger charge is 2.17. The van der Waals surface area contributed by atoms with Gasteiger partial charge in [0.05, 0.1) is 12.3 Å². The van der Waals surface area contributed by atoms with Gasteiger partial charge in [0.15, 0.2) is 0 Å². The zero-order valence-corrected chi connectivity index (χ0v) is 8.55. The molecule has 0 bridgehead atoms. The summed E-state index contributed by atoms with van der Waals surface area (Å²) in [6.45, 7) is 1.13. The van der Waals surface area contributed by atoms with Crippen molar-refractivity contribution in [3.05, 3.63) is 24.2 Å². The molecule has 3 N–H and O–H groups in total. The average molecular weight is 227 g/mol. The molecule has 1 saturated heterocycles. The van der Waals surface area contributed by atoms with Crippen LogP contribution in [0.25, 0.3) is 0 Å². The molecule has 1 unspecified atom stereocenters. The molecule has 1 fully saturated rings. The Hall–Kier alpha value is -1.82. The fourth-order valence-electron chi connectivity index (χ4n) is 1.42. The molecule has 1 aromatic rings. The summed E-state index contributed by atoms with van der Waals surface area (Å²) in [5.41, 5.74) is 0. The highest BCUT2D eigenvalue weighted by atomic mass is 16.4. The van der Waals surface area contributed by atoms with E-state index in [0.29, 0.717) is 6.04 Å². The molecule has 1 atom stereocenters. The first-order valence-corrected chi connectivity index (χ1v) is 4.84. The lowest BCUT2D eigenvalue weighted by Crippen LogP contribution is -2.11. The van der Waals surface area contributed by atoms with Crippen molar-refractivity contribution in [2.45, 2.75) is 18.9 Å². The van der Waals surface area contributed by atoms with Crippen LogP contribution in [0.4, 0.5) is 0 Å². The van der Waals surface area contributed by atoms with Crippen molar-refractivity contribution < 1.29 is 24.2 Å². The maximum Gasteiger partial charge on any atom is 0.414 e. The van der Waals surface area contributed by atoms with Gasteiger partial charge >= 0.3 is 11.9 Å². The zero-order valence-electron chi connectivity index (χ0n) is 8.55. The molecule has 1 aromatic heterocycles. The predicted octanol–water partition coefficient (Wildman–Crippen LogP) is 0.860. The molecule has 1 aliphatic rings. The maximum atomic E-state index is 9.10. The number of rotatable bonds is 1. The summed E-state index contributed by atoms with van der Waals surface area (Å²) in [5.74, 6) is -2.57. The van der Waals surface area contributed by atoms with E-state index in [0.717, 1.165) is 12.3 Å². The van der Waals surface area contributed by atoms with Crippen molar-refractivity contribution in [3.8, 4) is 0 Å². The Morgan fingerprint density at radius 1 is 1.38 bits per heavy atom. The van der Waals surface area contributed by atoms with Crippen molar-refractivity contribution in [2.75, 3.05) is 6.54 Å². The summed E-state index contributed by atoms with van der Waals surface area (Å²) in [5, 5.41) is 18.1. The molecule has 0 saturated carbocycles. The van der Waals surface area contributed by atoms with Gasteiger partial charge in [-0.2, -0.15) is 0 Å². The van der Waals surface area contributed by atoms with Gasteiger partial charge in [0.2, 0.25) is 0 Å². The number of aliphatic carboxylic acids is 2. The monoisotopic (exact) mass is 227 g/mol. The second-order valence-electron chi connectivity index (χ2n) is 3.27. The lowest BCUT2D eigenvalue weighted by atomic mass is 10.2. The number of hydrogen-bond donors (Lipinski definition) is 3. The average Bonchev–Trinajstić information content (AvgIpc) is 2.91. The van der Waals surface area contributed by atoms with E-state index in [4.69, 9.17) is 24.2 Å². The molecule has 0 aromatic carbocycles. The maximum absolute atomic E-state index is 9.10. The molecule has 0 radical (unpaired) electrons. The third kappa shape index (κ3) is 3.74. The standard InChI is InChI=1S/C8H11NO.C2H2O4/c1-3-7(9-5-1)8-4-2-6-10-8;3-1(4)2(5)6/h2,4,6-7,9H,1,3,5H2;(H,3,4)(H,5,6). The van der Waals surface area contributed by atoms with Gasteiger partial charge in [0, 0.05) is 0 Å². The lowest BCUT2D eigenvalue weighted by molar-refractivity contribution is -0.159. The minimum atomic E-state index is -1.82. The van der Waals surface area contributed by atoms with Gasteiger partial charge in [-0.05, 0) is 31.5 Å². The Kier molecular flexibility index (Phi) is 4.53. The van der Waals surface area contributed by atoms with Crippen molar-refractivity contribution in [1.29, 1.82) is 0 Å².